The van der Waals surface area contributed by atoms with Gasteiger partial charge in [0.2, 0.25) is 0 Å². The first kappa shape index (κ1) is 16.4. The number of thioether (sulfide) groups is 1. The fourth-order valence-electron chi connectivity index (χ4n) is 1.38. The van der Waals surface area contributed by atoms with Crippen molar-refractivity contribution in [3.05, 3.63) is 29.8 Å². The average molecular weight is 292 g/mol. The van der Waals surface area contributed by atoms with E-state index in [4.69, 9.17) is 9.47 Å². The molecule has 0 spiro atoms. The molecular weight excluding hydrogens is 274 g/mol. The number of hydrogen-bond donors (Lipinski definition) is 1. The molecule has 2 unspecified atom stereocenters. The fraction of sp³-hybridized carbons (Fsp3) is 0.538. The Balaban J connectivity index is 2.33. The number of halogens is 2. The third kappa shape index (κ3) is 6.33. The minimum Gasteiger partial charge on any atom is -0.390 e. The first-order valence-electron chi connectivity index (χ1n) is 5.89. The Hall–Kier alpha value is -0.690. The van der Waals surface area contributed by atoms with Crippen molar-refractivity contribution in [2.75, 3.05) is 26.1 Å². The molecule has 0 fully saturated rings. The Morgan fingerprint density at radius 2 is 2.05 bits per heavy atom. The molecule has 2 atom stereocenters. The van der Waals surface area contributed by atoms with Gasteiger partial charge in [0.1, 0.15) is 11.6 Å². The summed E-state index contributed by atoms with van der Waals surface area (Å²) in [7, 11) is 1.57. The van der Waals surface area contributed by atoms with Gasteiger partial charge in [0.05, 0.1) is 25.4 Å². The van der Waals surface area contributed by atoms with E-state index in [1.165, 1.54) is 0 Å². The van der Waals surface area contributed by atoms with Crippen LogP contribution in [0.25, 0.3) is 0 Å². The molecule has 0 aliphatic carbocycles. The second-order valence-corrected chi connectivity index (χ2v) is 5.20. The quantitative estimate of drug-likeness (QED) is 0.747. The molecule has 0 radical (unpaired) electrons. The number of methoxy groups -OCH3 is 1. The normalized spacial score (nSPS) is 14.4. The highest BCUT2D eigenvalue weighted by molar-refractivity contribution is 7.99. The lowest BCUT2D eigenvalue weighted by Crippen LogP contribution is -2.24. The van der Waals surface area contributed by atoms with Crippen LogP contribution in [0.4, 0.5) is 8.78 Å². The van der Waals surface area contributed by atoms with E-state index in [-0.39, 0.29) is 23.4 Å². The predicted molar refractivity (Wildman–Crippen MR) is 70.4 cm³/mol. The van der Waals surface area contributed by atoms with Crippen LogP contribution in [0.1, 0.15) is 6.92 Å². The van der Waals surface area contributed by atoms with Crippen molar-refractivity contribution < 1.29 is 23.4 Å². The van der Waals surface area contributed by atoms with Crippen LogP contribution in [-0.2, 0) is 9.47 Å². The number of hydrogen-bond acceptors (Lipinski definition) is 4. The second kappa shape index (κ2) is 8.47. The van der Waals surface area contributed by atoms with Crippen molar-refractivity contribution in [2.24, 2.45) is 0 Å². The van der Waals surface area contributed by atoms with Gasteiger partial charge < -0.3 is 14.6 Å². The molecule has 1 aromatic rings. The summed E-state index contributed by atoms with van der Waals surface area (Å²) in [6.45, 7) is 2.41. The molecule has 6 heteroatoms. The first-order chi connectivity index (χ1) is 9.02. The van der Waals surface area contributed by atoms with E-state index in [1.54, 1.807) is 7.11 Å². The molecule has 0 saturated heterocycles. The van der Waals surface area contributed by atoms with Crippen LogP contribution < -0.4 is 0 Å². The van der Waals surface area contributed by atoms with Crippen LogP contribution in [0.2, 0.25) is 0 Å². The minimum absolute atomic E-state index is 0.115. The molecule has 0 aromatic heterocycles. The molecule has 19 heavy (non-hydrogen) atoms. The van der Waals surface area contributed by atoms with Gasteiger partial charge in [-0.2, -0.15) is 0 Å². The third-order valence-corrected chi connectivity index (χ3v) is 3.47. The monoisotopic (exact) mass is 292 g/mol. The molecular formula is C13H18F2O3S. The molecule has 1 aromatic carbocycles. The summed E-state index contributed by atoms with van der Waals surface area (Å²) in [5, 5.41) is 9.68. The van der Waals surface area contributed by atoms with E-state index in [0.717, 1.165) is 30.0 Å². The number of aliphatic hydroxyl groups excluding tert-OH is 1. The highest BCUT2D eigenvalue weighted by Gasteiger charge is 2.11. The van der Waals surface area contributed by atoms with Crippen molar-refractivity contribution in [1.82, 2.24) is 0 Å². The Kier molecular flexibility index (Phi) is 7.30. The lowest BCUT2D eigenvalue weighted by molar-refractivity contribution is -0.0257. The molecule has 108 valence electrons. The van der Waals surface area contributed by atoms with Crippen LogP contribution in [0.15, 0.2) is 23.1 Å². The summed E-state index contributed by atoms with van der Waals surface area (Å²) < 4.78 is 36.5. The van der Waals surface area contributed by atoms with Gasteiger partial charge in [-0.15, -0.1) is 11.8 Å². The maximum Gasteiger partial charge on any atom is 0.136 e. The van der Waals surface area contributed by atoms with Crippen LogP contribution in [0.5, 0.6) is 0 Å². The zero-order valence-corrected chi connectivity index (χ0v) is 11.8. The largest absolute Gasteiger partial charge is 0.390 e. The van der Waals surface area contributed by atoms with Gasteiger partial charge in [-0.05, 0) is 25.1 Å². The van der Waals surface area contributed by atoms with Crippen LogP contribution in [0.3, 0.4) is 0 Å². The van der Waals surface area contributed by atoms with E-state index in [9.17, 15) is 13.9 Å². The number of aliphatic hydroxyl groups is 1. The Morgan fingerprint density at radius 3 is 2.74 bits per heavy atom. The van der Waals surface area contributed by atoms with Gasteiger partial charge in [0, 0.05) is 17.8 Å². The van der Waals surface area contributed by atoms with Crippen molar-refractivity contribution >= 4 is 11.8 Å². The van der Waals surface area contributed by atoms with Gasteiger partial charge >= 0.3 is 0 Å². The Morgan fingerprint density at radius 1 is 1.32 bits per heavy atom. The smallest absolute Gasteiger partial charge is 0.136 e. The molecule has 0 amide bonds. The van der Waals surface area contributed by atoms with Crippen LogP contribution >= 0.6 is 11.8 Å². The summed E-state index contributed by atoms with van der Waals surface area (Å²) in [6, 6.07) is 3.24. The van der Waals surface area contributed by atoms with Gasteiger partial charge in [-0.3, -0.25) is 0 Å². The zero-order chi connectivity index (χ0) is 14.3. The first-order valence-corrected chi connectivity index (χ1v) is 6.88. The van der Waals surface area contributed by atoms with Crippen LogP contribution in [-0.4, -0.2) is 43.4 Å². The summed E-state index contributed by atoms with van der Waals surface area (Å²) in [5.74, 6) is -0.754. The maximum absolute atomic E-state index is 13.3. The summed E-state index contributed by atoms with van der Waals surface area (Å²) in [4.78, 5) is 0.184. The number of benzene rings is 1. The summed E-state index contributed by atoms with van der Waals surface area (Å²) in [6.07, 6.45) is -0.859. The van der Waals surface area contributed by atoms with E-state index in [1.807, 2.05) is 6.92 Å². The van der Waals surface area contributed by atoms with Gasteiger partial charge in [0.25, 0.3) is 0 Å². The SMILES string of the molecule is COCC(C)OCC(O)CSc1cc(F)ccc1F. The summed E-state index contributed by atoms with van der Waals surface area (Å²) >= 11 is 1.06. The second-order valence-electron chi connectivity index (χ2n) is 4.14. The van der Waals surface area contributed by atoms with E-state index < -0.39 is 17.7 Å². The minimum atomic E-state index is -0.744. The third-order valence-electron chi connectivity index (χ3n) is 2.30. The lowest BCUT2D eigenvalue weighted by Gasteiger charge is -2.15. The predicted octanol–water partition coefficient (Wildman–Crippen LogP) is 2.47. The fourth-order valence-corrected chi connectivity index (χ4v) is 2.25. The molecule has 1 rings (SSSR count). The molecule has 1 N–H and O–H groups in total. The standard InChI is InChI=1S/C13H18F2O3S/c1-9(6-17-2)18-7-11(16)8-19-13-5-10(14)3-4-12(13)15/h3-5,9,11,16H,6-8H2,1-2H3. The number of ether oxygens (including phenoxy) is 2. The van der Waals surface area contributed by atoms with Gasteiger partial charge in [-0.1, -0.05) is 0 Å². The van der Waals surface area contributed by atoms with Crippen molar-refractivity contribution in [1.29, 1.82) is 0 Å². The molecule has 0 heterocycles. The van der Waals surface area contributed by atoms with Gasteiger partial charge in [-0.25, -0.2) is 8.78 Å². The Bertz CT molecular complexity index is 390. The van der Waals surface area contributed by atoms with Crippen LogP contribution in [0, 0.1) is 11.6 Å². The Labute approximate surface area is 115 Å². The average Bonchev–Trinajstić information content (AvgIpc) is 2.38. The highest BCUT2D eigenvalue weighted by Crippen LogP contribution is 2.23. The molecule has 0 bridgehead atoms. The lowest BCUT2D eigenvalue weighted by atomic mass is 10.3. The highest BCUT2D eigenvalue weighted by atomic mass is 32.2. The van der Waals surface area contributed by atoms with Gasteiger partial charge in [0.15, 0.2) is 0 Å². The molecule has 0 saturated carbocycles. The van der Waals surface area contributed by atoms with Crippen molar-refractivity contribution in [3.8, 4) is 0 Å². The molecule has 0 aliphatic heterocycles. The summed E-state index contributed by atoms with van der Waals surface area (Å²) in [5.41, 5.74) is 0. The van der Waals surface area contributed by atoms with Crippen molar-refractivity contribution in [3.63, 3.8) is 0 Å². The van der Waals surface area contributed by atoms with E-state index in [0.29, 0.717) is 6.61 Å². The van der Waals surface area contributed by atoms with E-state index >= 15 is 0 Å². The zero-order valence-electron chi connectivity index (χ0n) is 10.9. The molecule has 0 aliphatic rings. The topological polar surface area (TPSA) is 38.7 Å². The maximum atomic E-state index is 13.3. The molecule has 3 nitrogen and oxygen atoms in total. The van der Waals surface area contributed by atoms with Crippen molar-refractivity contribution in [2.45, 2.75) is 24.0 Å². The number of rotatable bonds is 8. The van der Waals surface area contributed by atoms with E-state index in [2.05, 4.69) is 0 Å².